The van der Waals surface area contributed by atoms with E-state index in [0.29, 0.717) is 6.54 Å². The molecule has 0 saturated carbocycles. The number of likely N-dealkylation sites (N-methyl/N-ethyl adjacent to an activating group) is 1. The first-order chi connectivity index (χ1) is 11.2. The molecule has 0 fully saturated rings. The van der Waals surface area contributed by atoms with Crippen molar-refractivity contribution in [1.82, 2.24) is 10.0 Å². The van der Waals surface area contributed by atoms with Crippen LogP contribution in [0.5, 0.6) is 0 Å². The van der Waals surface area contributed by atoms with Crippen LogP contribution in [0.4, 0.5) is 0 Å². The van der Waals surface area contributed by atoms with Gasteiger partial charge in [0.1, 0.15) is 0 Å². The molecule has 8 nitrogen and oxygen atoms in total. The number of rotatable bonds is 8. The summed E-state index contributed by atoms with van der Waals surface area (Å²) in [7, 11) is -1.58. The lowest BCUT2D eigenvalue weighted by atomic mass is 10.1. The molecule has 0 amide bonds. The minimum absolute atomic E-state index is 0.0551. The van der Waals surface area contributed by atoms with Crippen molar-refractivity contribution in [2.24, 2.45) is 0 Å². The first-order valence-electron chi connectivity index (χ1n) is 7.30. The second-order valence-electron chi connectivity index (χ2n) is 5.04. The van der Waals surface area contributed by atoms with Gasteiger partial charge in [0.2, 0.25) is 10.0 Å². The van der Waals surface area contributed by atoms with Gasteiger partial charge in [-0.15, -0.1) is 0 Å². The molecule has 0 heterocycles. The summed E-state index contributed by atoms with van der Waals surface area (Å²) in [6, 6.07) is 3.45. The van der Waals surface area contributed by atoms with Crippen LogP contribution >= 0.6 is 0 Å². The van der Waals surface area contributed by atoms with Crippen LogP contribution in [-0.4, -0.2) is 53.7 Å². The smallest absolute Gasteiger partial charge is 0.337 e. The third-order valence-corrected chi connectivity index (χ3v) is 4.59. The highest BCUT2D eigenvalue weighted by Crippen LogP contribution is 2.17. The van der Waals surface area contributed by atoms with Gasteiger partial charge < -0.3 is 14.8 Å². The van der Waals surface area contributed by atoms with Crippen LogP contribution < -0.4 is 10.0 Å². The zero-order valence-corrected chi connectivity index (χ0v) is 14.9. The maximum atomic E-state index is 12.4. The van der Waals surface area contributed by atoms with Crippen LogP contribution in [0.1, 0.15) is 34.6 Å². The van der Waals surface area contributed by atoms with Crippen molar-refractivity contribution in [1.29, 1.82) is 0 Å². The molecule has 0 saturated heterocycles. The molecule has 0 aliphatic rings. The Kier molecular flexibility index (Phi) is 7.33. The number of hydrogen-bond acceptors (Lipinski definition) is 7. The minimum atomic E-state index is -3.91. The molecule has 0 bridgehead atoms. The van der Waals surface area contributed by atoms with Crippen molar-refractivity contribution in [2.75, 3.05) is 27.3 Å². The van der Waals surface area contributed by atoms with Gasteiger partial charge in [-0.2, -0.15) is 0 Å². The van der Waals surface area contributed by atoms with Crippen molar-refractivity contribution >= 4 is 22.0 Å². The predicted molar refractivity (Wildman–Crippen MR) is 87.4 cm³/mol. The van der Waals surface area contributed by atoms with Crippen LogP contribution in [0.3, 0.4) is 0 Å². The molecule has 1 aromatic rings. The average Bonchev–Trinajstić information content (AvgIpc) is 2.58. The number of carbonyl (C=O) groups is 2. The van der Waals surface area contributed by atoms with Crippen molar-refractivity contribution < 1.29 is 27.5 Å². The van der Waals surface area contributed by atoms with E-state index < -0.39 is 22.0 Å². The molecular weight excluding hydrogens is 336 g/mol. The molecule has 0 aliphatic heterocycles. The fraction of sp³-hybridized carbons (Fsp3) is 0.467. The monoisotopic (exact) mass is 358 g/mol. The Labute approximate surface area is 141 Å². The molecule has 9 heteroatoms. The quantitative estimate of drug-likeness (QED) is 0.652. The van der Waals surface area contributed by atoms with E-state index >= 15 is 0 Å². The van der Waals surface area contributed by atoms with Crippen molar-refractivity contribution in [3.8, 4) is 0 Å². The SMILES string of the molecule is CCN[C@H](C)CNS(=O)(=O)c1cc(C(=O)OC)cc(C(=O)OC)c1. The van der Waals surface area contributed by atoms with Gasteiger partial charge in [-0.3, -0.25) is 0 Å². The second kappa shape index (κ2) is 8.76. The minimum Gasteiger partial charge on any atom is -0.465 e. The lowest BCUT2D eigenvalue weighted by molar-refractivity contribution is 0.0598. The van der Waals surface area contributed by atoms with E-state index in [4.69, 9.17) is 0 Å². The molecule has 0 radical (unpaired) electrons. The van der Waals surface area contributed by atoms with Gasteiger partial charge in [0, 0.05) is 12.6 Å². The van der Waals surface area contributed by atoms with Gasteiger partial charge in [-0.1, -0.05) is 6.92 Å². The summed E-state index contributed by atoms with van der Waals surface area (Å²) < 4.78 is 36.5. The zero-order valence-electron chi connectivity index (χ0n) is 14.1. The van der Waals surface area contributed by atoms with Crippen molar-refractivity contribution in [3.05, 3.63) is 29.3 Å². The Balaban J connectivity index is 3.20. The fourth-order valence-corrected chi connectivity index (χ4v) is 3.16. The highest BCUT2D eigenvalue weighted by atomic mass is 32.2. The topological polar surface area (TPSA) is 111 Å². The molecule has 0 aliphatic carbocycles. The molecule has 0 aromatic heterocycles. The third-order valence-electron chi connectivity index (χ3n) is 3.19. The largest absolute Gasteiger partial charge is 0.465 e. The highest BCUT2D eigenvalue weighted by Gasteiger charge is 2.21. The fourth-order valence-electron chi connectivity index (χ4n) is 1.96. The Morgan fingerprint density at radius 1 is 1.08 bits per heavy atom. The molecule has 1 aromatic carbocycles. The van der Waals surface area contributed by atoms with Crippen LogP contribution in [-0.2, 0) is 19.5 Å². The normalized spacial score (nSPS) is 12.5. The molecule has 1 atom stereocenters. The molecule has 1 rings (SSSR count). The van der Waals surface area contributed by atoms with Crippen molar-refractivity contribution in [3.63, 3.8) is 0 Å². The molecule has 24 heavy (non-hydrogen) atoms. The van der Waals surface area contributed by atoms with Crippen LogP contribution in [0.15, 0.2) is 23.1 Å². The predicted octanol–water partition coefficient (Wildman–Crippen LogP) is 0.536. The molecule has 0 unspecified atom stereocenters. The van der Waals surface area contributed by atoms with E-state index in [9.17, 15) is 18.0 Å². The number of benzene rings is 1. The molecule has 2 N–H and O–H groups in total. The summed E-state index contributed by atoms with van der Waals surface area (Å²) in [6.07, 6.45) is 0. The summed E-state index contributed by atoms with van der Waals surface area (Å²) in [5.41, 5.74) is -0.110. The summed E-state index contributed by atoms with van der Waals surface area (Å²) in [5.74, 6) is -1.50. The van der Waals surface area contributed by atoms with Crippen LogP contribution in [0.2, 0.25) is 0 Å². The van der Waals surface area contributed by atoms with Gasteiger partial charge in [-0.25, -0.2) is 22.7 Å². The highest BCUT2D eigenvalue weighted by molar-refractivity contribution is 7.89. The number of esters is 2. The first kappa shape index (κ1) is 20.1. The van der Waals surface area contributed by atoms with Gasteiger partial charge in [0.05, 0.1) is 30.2 Å². The van der Waals surface area contributed by atoms with E-state index in [2.05, 4.69) is 19.5 Å². The molecule has 134 valence electrons. The summed E-state index contributed by atoms with van der Waals surface area (Å²) in [5, 5.41) is 3.07. The maximum absolute atomic E-state index is 12.4. The van der Waals surface area contributed by atoms with Crippen molar-refractivity contribution in [2.45, 2.75) is 24.8 Å². The van der Waals surface area contributed by atoms with E-state index in [0.717, 1.165) is 26.4 Å². The van der Waals surface area contributed by atoms with E-state index in [1.54, 1.807) is 0 Å². The number of ether oxygens (including phenoxy) is 2. The number of nitrogens with one attached hydrogen (secondary N) is 2. The molecule has 0 spiro atoms. The second-order valence-corrected chi connectivity index (χ2v) is 6.81. The number of carbonyl (C=O) groups excluding carboxylic acids is 2. The van der Waals surface area contributed by atoms with Crippen LogP contribution in [0.25, 0.3) is 0 Å². The number of hydrogen-bond donors (Lipinski definition) is 2. The van der Waals surface area contributed by atoms with Gasteiger partial charge in [-0.05, 0) is 31.7 Å². The summed E-state index contributed by atoms with van der Waals surface area (Å²) in [4.78, 5) is 23.2. The Morgan fingerprint density at radius 3 is 2.00 bits per heavy atom. The van der Waals surface area contributed by atoms with Gasteiger partial charge in [0.15, 0.2) is 0 Å². The van der Waals surface area contributed by atoms with Gasteiger partial charge >= 0.3 is 11.9 Å². The third kappa shape index (κ3) is 5.29. The summed E-state index contributed by atoms with van der Waals surface area (Å²) in [6.45, 7) is 4.60. The Hall–Kier alpha value is -1.97. The van der Waals surface area contributed by atoms with Crippen LogP contribution in [0, 0.1) is 0 Å². The van der Waals surface area contributed by atoms with E-state index in [1.165, 1.54) is 6.07 Å². The average molecular weight is 358 g/mol. The standard InChI is InChI=1S/C15H22N2O6S/c1-5-16-10(2)9-17-24(20,21)13-7-11(14(18)22-3)6-12(8-13)15(19)23-4/h6-8,10,16-17H,5,9H2,1-4H3/t10-/m1/s1. The summed E-state index contributed by atoms with van der Waals surface area (Å²) >= 11 is 0. The van der Waals surface area contributed by atoms with E-state index in [-0.39, 0.29) is 28.6 Å². The number of sulfonamides is 1. The first-order valence-corrected chi connectivity index (χ1v) is 8.78. The van der Waals surface area contributed by atoms with E-state index in [1.807, 2.05) is 13.8 Å². The molecular formula is C15H22N2O6S. The lowest BCUT2D eigenvalue weighted by Crippen LogP contribution is -2.38. The Bertz CT molecular complexity index is 668. The maximum Gasteiger partial charge on any atom is 0.337 e. The van der Waals surface area contributed by atoms with Gasteiger partial charge in [0.25, 0.3) is 0 Å². The number of methoxy groups -OCH3 is 2. The zero-order chi connectivity index (χ0) is 18.3. The Morgan fingerprint density at radius 2 is 1.58 bits per heavy atom. The lowest BCUT2D eigenvalue weighted by Gasteiger charge is -2.14.